The second kappa shape index (κ2) is 4.42. The number of hydrogen-bond acceptors (Lipinski definition) is 10. The zero-order valence-corrected chi connectivity index (χ0v) is 9.73. The minimum Gasteiger partial charge on any atom is -0.366 e. The molecule has 2 atom stereocenters. The Kier molecular flexibility index (Phi) is 3.26. The molecule has 2 heterocycles. The first-order chi connectivity index (χ1) is 9.10. The summed E-state index contributed by atoms with van der Waals surface area (Å²) in [6, 6.07) is 0. The Labute approximate surface area is 110 Å². The lowest BCUT2D eigenvalue weighted by molar-refractivity contribution is -0.363. The molecule has 112 valence electrons. The molecule has 8 N–H and O–H groups in total. The topological polar surface area (TPSA) is 204 Å². The molecular formula is C8H12N4O8. The number of primary amides is 1. The molecule has 12 heteroatoms. The number of aliphatic hydroxyl groups is 6. The number of carbonyl (C=O) groups is 1. The summed E-state index contributed by atoms with van der Waals surface area (Å²) in [6.07, 6.45) is -5.88. The van der Waals surface area contributed by atoms with Crippen molar-refractivity contribution in [1.29, 1.82) is 0 Å². The van der Waals surface area contributed by atoms with E-state index in [2.05, 4.69) is 10.1 Å². The number of nitrogens with zero attached hydrogens (tertiary/aromatic N) is 3. The van der Waals surface area contributed by atoms with E-state index in [1.54, 1.807) is 0 Å². The van der Waals surface area contributed by atoms with Gasteiger partial charge < -0.3 is 41.1 Å². The summed E-state index contributed by atoms with van der Waals surface area (Å²) in [5, 5.41) is 60.0. The first kappa shape index (κ1) is 14.7. The summed E-state index contributed by atoms with van der Waals surface area (Å²) < 4.78 is 5.22. The largest absolute Gasteiger partial charge is 0.366 e. The molecule has 0 aliphatic carbocycles. The van der Waals surface area contributed by atoms with Crippen LogP contribution >= 0.6 is 0 Å². The molecule has 0 unspecified atom stereocenters. The van der Waals surface area contributed by atoms with Gasteiger partial charge in [-0.1, -0.05) is 0 Å². The number of amides is 1. The van der Waals surface area contributed by atoms with Gasteiger partial charge in [0.15, 0.2) is 12.4 Å². The van der Waals surface area contributed by atoms with Crippen molar-refractivity contribution >= 4 is 5.91 Å². The number of rotatable bonds is 3. The lowest BCUT2D eigenvalue weighted by Crippen LogP contribution is -2.60. The van der Waals surface area contributed by atoms with Gasteiger partial charge in [-0.3, -0.25) is 4.79 Å². The molecule has 0 bridgehead atoms. The fourth-order valence-corrected chi connectivity index (χ4v) is 1.82. The third-order valence-corrected chi connectivity index (χ3v) is 2.84. The van der Waals surface area contributed by atoms with Crippen LogP contribution < -0.4 is 5.73 Å². The monoisotopic (exact) mass is 292 g/mol. The Balaban J connectivity index is 2.48. The van der Waals surface area contributed by atoms with E-state index in [-0.39, 0.29) is 0 Å². The quantitative estimate of drug-likeness (QED) is 0.264. The van der Waals surface area contributed by atoms with E-state index >= 15 is 0 Å². The summed E-state index contributed by atoms with van der Waals surface area (Å²) in [4.78, 5) is 14.5. The summed E-state index contributed by atoms with van der Waals surface area (Å²) in [6.45, 7) is 0. The van der Waals surface area contributed by atoms with E-state index in [1.807, 2.05) is 0 Å². The summed E-state index contributed by atoms with van der Waals surface area (Å²) >= 11 is 0. The van der Waals surface area contributed by atoms with Gasteiger partial charge in [-0.15, -0.1) is 0 Å². The van der Waals surface area contributed by atoms with Gasteiger partial charge in [-0.2, -0.15) is 5.10 Å². The minimum absolute atomic E-state index is 0.478. The Morgan fingerprint density at radius 1 is 1.35 bits per heavy atom. The maximum atomic E-state index is 11.1. The van der Waals surface area contributed by atoms with E-state index in [0.717, 1.165) is 6.33 Å². The van der Waals surface area contributed by atoms with E-state index in [1.165, 1.54) is 0 Å². The maximum Gasteiger partial charge on any atom is 0.286 e. The van der Waals surface area contributed by atoms with E-state index in [4.69, 9.17) is 20.7 Å². The van der Waals surface area contributed by atoms with Crippen LogP contribution in [0.5, 0.6) is 0 Å². The first-order valence-electron chi connectivity index (χ1n) is 5.21. The van der Waals surface area contributed by atoms with Gasteiger partial charge in [-0.25, -0.2) is 9.67 Å². The van der Waals surface area contributed by atoms with Crippen LogP contribution in [-0.4, -0.2) is 75.3 Å². The average molecular weight is 292 g/mol. The summed E-state index contributed by atoms with van der Waals surface area (Å²) in [7, 11) is 0. The molecule has 20 heavy (non-hydrogen) atoms. The highest BCUT2D eigenvalue weighted by atomic mass is 16.7. The third-order valence-electron chi connectivity index (χ3n) is 2.84. The van der Waals surface area contributed by atoms with Crippen LogP contribution in [0.1, 0.15) is 16.8 Å². The van der Waals surface area contributed by atoms with Crippen LogP contribution in [0, 0.1) is 0 Å². The van der Waals surface area contributed by atoms with Crippen molar-refractivity contribution in [2.75, 3.05) is 0 Å². The standard InChI is InChI=1S/C8H12N4O8/c9-3(13)4-10-1-11-12(4)6-8(18,19)7(16,17)2(20-6)5(14)15/h1-2,5-6,14-19H,(H2,9,13)/t2-,6-/m1/s1. The number of aromatic nitrogens is 3. The van der Waals surface area contributed by atoms with Crippen molar-refractivity contribution in [3.63, 3.8) is 0 Å². The van der Waals surface area contributed by atoms with Gasteiger partial charge in [0, 0.05) is 0 Å². The highest BCUT2D eigenvalue weighted by Crippen LogP contribution is 2.43. The van der Waals surface area contributed by atoms with Crippen LogP contribution in [0.4, 0.5) is 0 Å². The van der Waals surface area contributed by atoms with E-state index in [9.17, 15) is 25.2 Å². The molecule has 1 amide bonds. The predicted molar refractivity (Wildman–Crippen MR) is 55.0 cm³/mol. The third kappa shape index (κ3) is 1.87. The SMILES string of the molecule is NC(=O)c1ncnn1[C@@H]1O[C@H](C(O)O)C(O)(O)C1(O)O. The fraction of sp³-hybridized carbons (Fsp3) is 0.625. The number of carbonyl (C=O) groups excluding carboxylic acids is 1. The maximum absolute atomic E-state index is 11.1. The van der Waals surface area contributed by atoms with Gasteiger partial charge >= 0.3 is 0 Å². The van der Waals surface area contributed by atoms with Gasteiger partial charge in [-0.05, 0) is 0 Å². The molecule has 0 saturated carbocycles. The Bertz CT molecular complexity index is 526. The van der Waals surface area contributed by atoms with Crippen molar-refractivity contribution in [2.45, 2.75) is 30.2 Å². The second-order valence-corrected chi connectivity index (χ2v) is 4.17. The lowest BCUT2D eigenvalue weighted by Gasteiger charge is -2.31. The molecule has 0 radical (unpaired) electrons. The molecule has 0 spiro atoms. The molecule has 1 aliphatic heterocycles. The highest BCUT2D eigenvalue weighted by Gasteiger charge is 2.69. The van der Waals surface area contributed by atoms with Crippen LogP contribution in [0.15, 0.2) is 6.33 Å². The second-order valence-electron chi connectivity index (χ2n) is 4.17. The Morgan fingerprint density at radius 3 is 2.40 bits per heavy atom. The summed E-state index contributed by atoms with van der Waals surface area (Å²) in [5.74, 6) is -8.53. The molecule has 1 aromatic heterocycles. The van der Waals surface area contributed by atoms with Crippen LogP contribution in [0.3, 0.4) is 0 Å². The van der Waals surface area contributed by atoms with Crippen molar-refractivity contribution in [3.05, 3.63) is 12.2 Å². The van der Waals surface area contributed by atoms with Crippen molar-refractivity contribution in [2.24, 2.45) is 5.73 Å². The van der Waals surface area contributed by atoms with Gasteiger partial charge in [0.25, 0.3) is 17.5 Å². The van der Waals surface area contributed by atoms with Crippen LogP contribution in [-0.2, 0) is 4.74 Å². The number of hydrogen-bond donors (Lipinski definition) is 7. The Hall–Kier alpha value is -1.67. The number of aliphatic hydroxyl groups excluding tert-OH is 1. The number of ether oxygens (including phenoxy) is 1. The minimum atomic E-state index is -3.45. The molecule has 1 aromatic rings. The van der Waals surface area contributed by atoms with Gasteiger partial charge in [0.1, 0.15) is 6.33 Å². The molecule has 1 fully saturated rings. The molecule has 1 aliphatic rings. The van der Waals surface area contributed by atoms with Gasteiger partial charge in [0.2, 0.25) is 12.1 Å². The molecule has 1 saturated heterocycles. The first-order valence-corrected chi connectivity index (χ1v) is 5.21. The van der Waals surface area contributed by atoms with Gasteiger partial charge in [0.05, 0.1) is 0 Å². The number of nitrogens with two attached hydrogens (primary N) is 1. The van der Waals surface area contributed by atoms with E-state index in [0.29, 0.717) is 4.68 Å². The highest BCUT2D eigenvalue weighted by molar-refractivity contribution is 5.88. The smallest absolute Gasteiger partial charge is 0.286 e. The van der Waals surface area contributed by atoms with Crippen molar-refractivity contribution < 1.29 is 40.2 Å². The fourth-order valence-electron chi connectivity index (χ4n) is 1.82. The Morgan fingerprint density at radius 2 is 1.95 bits per heavy atom. The van der Waals surface area contributed by atoms with Crippen molar-refractivity contribution in [3.8, 4) is 0 Å². The summed E-state index contributed by atoms with van der Waals surface area (Å²) in [5.41, 5.74) is 4.97. The average Bonchev–Trinajstić information content (AvgIpc) is 2.82. The zero-order chi connectivity index (χ0) is 15.3. The predicted octanol–water partition coefficient (Wildman–Crippen LogP) is -5.05. The molecule has 2 rings (SSSR count). The van der Waals surface area contributed by atoms with Crippen LogP contribution in [0.25, 0.3) is 0 Å². The van der Waals surface area contributed by atoms with Crippen molar-refractivity contribution in [1.82, 2.24) is 14.8 Å². The zero-order valence-electron chi connectivity index (χ0n) is 9.73. The molecular weight excluding hydrogens is 280 g/mol. The molecule has 0 aromatic carbocycles. The van der Waals surface area contributed by atoms with Crippen LogP contribution in [0.2, 0.25) is 0 Å². The lowest BCUT2D eigenvalue weighted by atomic mass is 10.0. The molecule has 12 nitrogen and oxygen atoms in total. The van der Waals surface area contributed by atoms with E-state index < -0.39 is 41.9 Å². The normalized spacial score (nSPS) is 27.9.